The van der Waals surface area contributed by atoms with Crippen LogP contribution in [0.15, 0.2) is 11.4 Å². The summed E-state index contributed by atoms with van der Waals surface area (Å²) in [5.74, 6) is -1.12. The molecule has 1 fully saturated rings. The molecule has 0 spiro atoms. The maximum absolute atomic E-state index is 11.4. The van der Waals surface area contributed by atoms with E-state index in [1.54, 1.807) is 6.26 Å². The van der Waals surface area contributed by atoms with Gasteiger partial charge in [-0.3, -0.25) is 0 Å². The fourth-order valence-electron chi connectivity index (χ4n) is 1.79. The standard InChI is InChI=1S/C12H17BN2O4S/c1-11(2)12(3,4)19-13(18-11)7-6-14-10(20-5)15-8(7)9(16)17/h6H,1-5H3,(H,16,17). The monoisotopic (exact) mass is 296 g/mol. The summed E-state index contributed by atoms with van der Waals surface area (Å²) in [6, 6.07) is 0. The minimum atomic E-state index is -1.12. The number of carbonyl (C=O) groups is 1. The summed E-state index contributed by atoms with van der Waals surface area (Å²) >= 11 is 1.28. The van der Waals surface area contributed by atoms with Gasteiger partial charge in [-0.25, -0.2) is 14.8 Å². The summed E-state index contributed by atoms with van der Waals surface area (Å²) in [5, 5.41) is 9.70. The lowest BCUT2D eigenvalue weighted by molar-refractivity contribution is 0.00578. The largest absolute Gasteiger partial charge is 0.498 e. The number of hydrogen-bond acceptors (Lipinski definition) is 6. The third kappa shape index (κ3) is 2.55. The molecule has 0 amide bonds. The van der Waals surface area contributed by atoms with E-state index in [9.17, 15) is 9.90 Å². The number of aromatic carboxylic acids is 1. The van der Waals surface area contributed by atoms with Crippen molar-refractivity contribution >= 4 is 30.3 Å². The first kappa shape index (κ1) is 15.3. The third-order valence-corrected chi connectivity index (χ3v) is 4.25. The number of thioether (sulfide) groups is 1. The highest BCUT2D eigenvalue weighted by Crippen LogP contribution is 2.36. The molecule has 8 heteroatoms. The molecule has 108 valence electrons. The van der Waals surface area contributed by atoms with E-state index in [0.717, 1.165) is 0 Å². The Morgan fingerprint density at radius 1 is 1.30 bits per heavy atom. The van der Waals surface area contributed by atoms with Crippen molar-refractivity contribution in [1.29, 1.82) is 0 Å². The molecular weight excluding hydrogens is 279 g/mol. The van der Waals surface area contributed by atoms with Crippen molar-refractivity contribution in [3.63, 3.8) is 0 Å². The molecule has 1 aromatic heterocycles. The van der Waals surface area contributed by atoms with Crippen molar-refractivity contribution < 1.29 is 19.2 Å². The van der Waals surface area contributed by atoms with Crippen LogP contribution in [0, 0.1) is 0 Å². The van der Waals surface area contributed by atoms with Crippen LogP contribution in [0.1, 0.15) is 38.2 Å². The van der Waals surface area contributed by atoms with E-state index in [4.69, 9.17) is 9.31 Å². The molecular formula is C12H17BN2O4S. The predicted octanol–water partition coefficient (Wildman–Crippen LogP) is 1.20. The zero-order valence-corrected chi connectivity index (χ0v) is 12.9. The SMILES string of the molecule is CSc1ncc(B2OC(C)(C)C(C)(C)O2)c(C(=O)O)n1. The lowest BCUT2D eigenvalue weighted by Gasteiger charge is -2.32. The highest BCUT2D eigenvalue weighted by molar-refractivity contribution is 7.98. The maximum Gasteiger partial charge on any atom is 0.498 e. The van der Waals surface area contributed by atoms with E-state index >= 15 is 0 Å². The average molecular weight is 296 g/mol. The Balaban J connectivity index is 2.42. The molecule has 1 aliphatic heterocycles. The fourth-order valence-corrected chi connectivity index (χ4v) is 2.13. The molecule has 20 heavy (non-hydrogen) atoms. The van der Waals surface area contributed by atoms with Gasteiger partial charge in [-0.05, 0) is 34.0 Å². The van der Waals surface area contributed by atoms with Crippen LogP contribution in [0.25, 0.3) is 0 Å². The summed E-state index contributed by atoms with van der Waals surface area (Å²) < 4.78 is 11.7. The Hall–Kier alpha value is -1.12. The third-order valence-electron chi connectivity index (χ3n) is 3.69. The molecule has 2 heterocycles. The van der Waals surface area contributed by atoms with Gasteiger partial charge < -0.3 is 14.4 Å². The van der Waals surface area contributed by atoms with E-state index in [2.05, 4.69) is 9.97 Å². The molecule has 1 N–H and O–H groups in total. The summed E-state index contributed by atoms with van der Waals surface area (Å²) in [4.78, 5) is 19.5. The van der Waals surface area contributed by atoms with Crippen LogP contribution in [-0.4, -0.2) is 45.6 Å². The minimum Gasteiger partial charge on any atom is -0.477 e. The molecule has 0 aromatic carbocycles. The molecule has 0 bridgehead atoms. The molecule has 0 radical (unpaired) electrons. The fraction of sp³-hybridized carbons (Fsp3) is 0.583. The summed E-state index contributed by atoms with van der Waals surface area (Å²) in [7, 11) is -0.776. The number of carboxylic acid groups (broad SMARTS) is 1. The first-order chi connectivity index (χ1) is 9.18. The lowest BCUT2D eigenvalue weighted by atomic mass is 9.79. The number of carboxylic acids is 1. The van der Waals surface area contributed by atoms with Crippen LogP contribution in [-0.2, 0) is 9.31 Å². The Kier molecular flexibility index (Phi) is 3.83. The first-order valence-corrected chi connectivity index (χ1v) is 7.40. The Bertz CT molecular complexity index is 534. The van der Waals surface area contributed by atoms with Crippen LogP contribution >= 0.6 is 11.8 Å². The average Bonchev–Trinajstić information content (AvgIpc) is 2.57. The number of aromatic nitrogens is 2. The number of rotatable bonds is 3. The van der Waals surface area contributed by atoms with Gasteiger partial charge in [0.25, 0.3) is 0 Å². The van der Waals surface area contributed by atoms with Gasteiger partial charge in [-0.1, -0.05) is 11.8 Å². The molecule has 0 aliphatic carbocycles. The normalized spacial score (nSPS) is 20.1. The van der Waals surface area contributed by atoms with Crippen molar-refractivity contribution in [1.82, 2.24) is 9.97 Å². The maximum atomic E-state index is 11.4. The van der Waals surface area contributed by atoms with Crippen molar-refractivity contribution in [2.45, 2.75) is 44.1 Å². The molecule has 0 atom stereocenters. The lowest BCUT2D eigenvalue weighted by Crippen LogP contribution is -2.41. The second-order valence-corrected chi connectivity index (χ2v) is 6.33. The smallest absolute Gasteiger partial charge is 0.477 e. The molecule has 2 rings (SSSR count). The van der Waals surface area contributed by atoms with Gasteiger partial charge in [0.2, 0.25) is 0 Å². The van der Waals surface area contributed by atoms with E-state index in [1.165, 1.54) is 18.0 Å². The van der Waals surface area contributed by atoms with Crippen molar-refractivity contribution in [3.05, 3.63) is 11.9 Å². The first-order valence-electron chi connectivity index (χ1n) is 6.18. The second-order valence-electron chi connectivity index (χ2n) is 5.55. The topological polar surface area (TPSA) is 81.5 Å². The van der Waals surface area contributed by atoms with Crippen LogP contribution in [0.3, 0.4) is 0 Å². The Morgan fingerprint density at radius 3 is 2.30 bits per heavy atom. The highest BCUT2D eigenvalue weighted by atomic mass is 32.2. The zero-order valence-electron chi connectivity index (χ0n) is 12.1. The van der Waals surface area contributed by atoms with Gasteiger partial charge in [-0.15, -0.1) is 0 Å². The second kappa shape index (κ2) is 5.02. The number of nitrogens with zero attached hydrogens (tertiary/aromatic N) is 2. The molecule has 1 saturated heterocycles. The van der Waals surface area contributed by atoms with Gasteiger partial charge in [0.05, 0.1) is 11.2 Å². The van der Waals surface area contributed by atoms with Gasteiger partial charge in [-0.2, -0.15) is 0 Å². The van der Waals surface area contributed by atoms with Gasteiger partial charge in [0, 0.05) is 11.7 Å². The van der Waals surface area contributed by atoms with Crippen molar-refractivity contribution in [3.8, 4) is 0 Å². The van der Waals surface area contributed by atoms with Crippen molar-refractivity contribution in [2.75, 3.05) is 6.26 Å². The predicted molar refractivity (Wildman–Crippen MR) is 76.5 cm³/mol. The summed E-state index contributed by atoms with van der Waals surface area (Å²) in [5.41, 5.74) is -0.811. The minimum absolute atomic E-state index is 0.0807. The Morgan fingerprint density at radius 2 is 1.85 bits per heavy atom. The van der Waals surface area contributed by atoms with Crippen molar-refractivity contribution in [2.24, 2.45) is 0 Å². The molecule has 0 unspecified atom stereocenters. The zero-order chi connectivity index (χ0) is 15.1. The summed E-state index contributed by atoms with van der Waals surface area (Å²) in [6.45, 7) is 7.63. The van der Waals surface area contributed by atoms with E-state index in [0.29, 0.717) is 10.6 Å². The van der Waals surface area contributed by atoms with E-state index in [1.807, 2.05) is 27.7 Å². The van der Waals surface area contributed by atoms with Crippen LogP contribution in [0.2, 0.25) is 0 Å². The van der Waals surface area contributed by atoms with Crippen LogP contribution in [0.4, 0.5) is 0 Å². The van der Waals surface area contributed by atoms with Gasteiger partial charge >= 0.3 is 13.1 Å². The molecule has 0 saturated carbocycles. The molecule has 1 aliphatic rings. The van der Waals surface area contributed by atoms with E-state index < -0.39 is 24.3 Å². The highest BCUT2D eigenvalue weighted by Gasteiger charge is 2.53. The quantitative estimate of drug-likeness (QED) is 0.510. The van der Waals surface area contributed by atoms with E-state index in [-0.39, 0.29) is 5.69 Å². The summed E-state index contributed by atoms with van der Waals surface area (Å²) in [6.07, 6.45) is 3.25. The van der Waals surface area contributed by atoms with Crippen LogP contribution in [0.5, 0.6) is 0 Å². The Labute approximate surface area is 122 Å². The number of hydrogen-bond donors (Lipinski definition) is 1. The molecule has 6 nitrogen and oxygen atoms in total. The molecule has 1 aromatic rings. The van der Waals surface area contributed by atoms with Gasteiger partial charge in [0.1, 0.15) is 0 Å². The van der Waals surface area contributed by atoms with Gasteiger partial charge in [0.15, 0.2) is 10.9 Å². The van der Waals surface area contributed by atoms with Crippen LogP contribution < -0.4 is 5.46 Å².